The first-order chi connectivity index (χ1) is 16.2. The van der Waals surface area contributed by atoms with Crippen LogP contribution in [0.3, 0.4) is 0 Å². The number of benzene rings is 2. The van der Waals surface area contributed by atoms with Gasteiger partial charge in [0.2, 0.25) is 0 Å². The number of likely N-dealkylation sites (tertiary alicyclic amines) is 1. The van der Waals surface area contributed by atoms with Gasteiger partial charge in [-0.25, -0.2) is 0 Å². The van der Waals surface area contributed by atoms with Crippen molar-refractivity contribution in [2.45, 2.75) is 25.4 Å². The highest BCUT2D eigenvalue weighted by Gasteiger charge is 2.30. The number of aromatic nitrogens is 2. The minimum atomic E-state index is -4.45. The SMILES string of the molecule is CN(CCc1noc(-c2ccc(C(=O)N3CCCC3)cc2)n1)C(=O)c1ccc(C(F)(F)F)cc1. The number of hydrogen-bond acceptors (Lipinski definition) is 5. The van der Waals surface area contributed by atoms with Crippen LogP contribution in [0.15, 0.2) is 53.1 Å². The fourth-order valence-corrected chi connectivity index (χ4v) is 3.72. The van der Waals surface area contributed by atoms with Crippen LogP contribution in [-0.4, -0.2) is 58.4 Å². The van der Waals surface area contributed by atoms with Gasteiger partial charge in [0.25, 0.3) is 17.7 Å². The number of alkyl halides is 3. The van der Waals surface area contributed by atoms with Gasteiger partial charge < -0.3 is 14.3 Å². The van der Waals surface area contributed by atoms with Gasteiger partial charge in [-0.3, -0.25) is 9.59 Å². The third-order valence-corrected chi connectivity index (χ3v) is 5.72. The summed E-state index contributed by atoms with van der Waals surface area (Å²) in [6, 6.07) is 11.1. The standard InChI is InChI=1S/C24H23F3N4O3/c1-30(22(32)17-8-10-19(11-9-17)24(25,26)27)15-12-20-28-21(34-29-20)16-4-6-18(7-5-16)23(33)31-13-2-3-14-31/h4-11H,2-3,12-15H2,1H3. The van der Waals surface area contributed by atoms with E-state index in [1.54, 1.807) is 31.3 Å². The van der Waals surface area contributed by atoms with Crippen molar-refractivity contribution < 1.29 is 27.3 Å². The van der Waals surface area contributed by atoms with Gasteiger partial charge >= 0.3 is 6.18 Å². The van der Waals surface area contributed by atoms with Crippen LogP contribution in [-0.2, 0) is 12.6 Å². The Bertz CT molecular complexity index is 1150. The second kappa shape index (κ2) is 9.66. The minimum absolute atomic E-state index is 0.0102. The quantitative estimate of drug-likeness (QED) is 0.534. The Hall–Kier alpha value is -3.69. The molecule has 4 rings (SSSR count). The zero-order valence-corrected chi connectivity index (χ0v) is 18.5. The number of hydrogen-bond donors (Lipinski definition) is 0. The molecule has 0 bridgehead atoms. The first-order valence-corrected chi connectivity index (χ1v) is 10.9. The third-order valence-electron chi connectivity index (χ3n) is 5.72. The van der Waals surface area contributed by atoms with E-state index in [-0.39, 0.29) is 18.0 Å². The monoisotopic (exact) mass is 472 g/mol. The summed E-state index contributed by atoms with van der Waals surface area (Å²) in [5.41, 5.74) is 0.632. The van der Waals surface area contributed by atoms with E-state index in [0.29, 0.717) is 29.3 Å². The van der Waals surface area contributed by atoms with Gasteiger partial charge in [-0.1, -0.05) is 5.16 Å². The molecule has 1 aliphatic rings. The van der Waals surface area contributed by atoms with Gasteiger partial charge in [0.15, 0.2) is 5.82 Å². The van der Waals surface area contributed by atoms with Gasteiger partial charge in [-0.15, -0.1) is 0 Å². The summed E-state index contributed by atoms with van der Waals surface area (Å²) in [6.45, 7) is 1.81. The number of carbonyl (C=O) groups excluding carboxylic acids is 2. The number of carbonyl (C=O) groups is 2. The molecule has 10 heteroatoms. The molecule has 0 unspecified atom stereocenters. The second-order valence-corrected chi connectivity index (χ2v) is 8.14. The molecule has 2 heterocycles. The highest BCUT2D eigenvalue weighted by molar-refractivity contribution is 5.95. The van der Waals surface area contributed by atoms with Crippen LogP contribution >= 0.6 is 0 Å². The molecule has 3 aromatic rings. The molecule has 34 heavy (non-hydrogen) atoms. The van der Waals surface area contributed by atoms with Gasteiger partial charge in [-0.05, 0) is 61.4 Å². The highest BCUT2D eigenvalue weighted by Crippen LogP contribution is 2.29. The molecule has 0 saturated carbocycles. The number of rotatable bonds is 6. The number of likely N-dealkylation sites (N-methyl/N-ethyl adjacent to an activating group) is 1. The Balaban J connectivity index is 1.33. The average molecular weight is 472 g/mol. The molecule has 1 saturated heterocycles. The fraction of sp³-hybridized carbons (Fsp3) is 0.333. The predicted molar refractivity (Wildman–Crippen MR) is 117 cm³/mol. The molecule has 0 spiro atoms. The maximum atomic E-state index is 12.7. The topological polar surface area (TPSA) is 79.5 Å². The molecular weight excluding hydrogens is 449 g/mol. The lowest BCUT2D eigenvalue weighted by molar-refractivity contribution is -0.137. The van der Waals surface area contributed by atoms with Crippen molar-refractivity contribution in [3.8, 4) is 11.5 Å². The summed E-state index contributed by atoms with van der Waals surface area (Å²) < 4.78 is 43.4. The molecule has 2 amide bonds. The average Bonchev–Trinajstić information content (AvgIpc) is 3.54. The Morgan fingerprint density at radius 2 is 1.62 bits per heavy atom. The maximum absolute atomic E-state index is 12.7. The summed E-state index contributed by atoms with van der Waals surface area (Å²) in [5.74, 6) is 0.290. The molecule has 178 valence electrons. The molecule has 1 aliphatic heterocycles. The Labute approximate surface area is 194 Å². The van der Waals surface area contributed by atoms with E-state index in [2.05, 4.69) is 10.1 Å². The van der Waals surface area contributed by atoms with Gasteiger partial charge in [-0.2, -0.15) is 18.2 Å². The third kappa shape index (κ3) is 5.27. The zero-order chi connectivity index (χ0) is 24.3. The predicted octanol–water partition coefficient (Wildman–Crippen LogP) is 4.31. The van der Waals surface area contributed by atoms with Crippen molar-refractivity contribution in [3.05, 3.63) is 71.0 Å². The number of halogens is 3. The van der Waals surface area contributed by atoms with Crippen LogP contribution in [0.1, 0.15) is 44.9 Å². The van der Waals surface area contributed by atoms with Crippen molar-refractivity contribution >= 4 is 11.8 Å². The Morgan fingerprint density at radius 1 is 1.00 bits per heavy atom. The summed E-state index contributed by atoms with van der Waals surface area (Å²) in [4.78, 5) is 32.5. The fourth-order valence-electron chi connectivity index (χ4n) is 3.72. The van der Waals surface area contributed by atoms with Crippen LogP contribution in [0.4, 0.5) is 13.2 Å². The first kappa shape index (κ1) is 23.5. The van der Waals surface area contributed by atoms with E-state index in [1.165, 1.54) is 4.90 Å². The molecule has 7 nitrogen and oxygen atoms in total. The molecule has 1 fully saturated rings. The lowest BCUT2D eigenvalue weighted by atomic mass is 10.1. The molecule has 2 aromatic carbocycles. The molecule has 0 N–H and O–H groups in total. The molecule has 1 aromatic heterocycles. The summed E-state index contributed by atoms with van der Waals surface area (Å²) in [7, 11) is 1.55. The summed E-state index contributed by atoms with van der Waals surface area (Å²) >= 11 is 0. The molecule has 0 atom stereocenters. The van der Waals surface area contributed by atoms with Crippen molar-refractivity contribution in [2.75, 3.05) is 26.7 Å². The number of nitrogens with zero attached hydrogens (tertiary/aromatic N) is 4. The van der Waals surface area contributed by atoms with Crippen LogP contribution in [0.25, 0.3) is 11.5 Å². The first-order valence-electron chi connectivity index (χ1n) is 10.9. The highest BCUT2D eigenvalue weighted by atomic mass is 19.4. The van der Waals surface area contributed by atoms with Gasteiger partial charge in [0, 0.05) is 49.8 Å². The molecular formula is C24H23F3N4O3. The maximum Gasteiger partial charge on any atom is 0.416 e. The Kier molecular flexibility index (Phi) is 6.67. The minimum Gasteiger partial charge on any atom is -0.341 e. The summed E-state index contributed by atoms with van der Waals surface area (Å²) in [6.07, 6.45) is -2.09. The van der Waals surface area contributed by atoms with E-state index in [0.717, 1.165) is 50.2 Å². The molecule has 0 radical (unpaired) electrons. The van der Waals surface area contributed by atoms with Crippen LogP contribution in [0.2, 0.25) is 0 Å². The lowest BCUT2D eigenvalue weighted by Crippen LogP contribution is -2.29. The van der Waals surface area contributed by atoms with Crippen molar-refractivity contribution in [2.24, 2.45) is 0 Å². The zero-order valence-electron chi connectivity index (χ0n) is 18.5. The summed E-state index contributed by atoms with van der Waals surface area (Å²) in [5, 5.41) is 3.93. The van der Waals surface area contributed by atoms with Crippen molar-refractivity contribution in [3.63, 3.8) is 0 Å². The van der Waals surface area contributed by atoms with Crippen LogP contribution in [0, 0.1) is 0 Å². The normalized spacial score (nSPS) is 13.8. The Morgan fingerprint density at radius 3 is 2.24 bits per heavy atom. The smallest absolute Gasteiger partial charge is 0.341 e. The van der Waals surface area contributed by atoms with Crippen molar-refractivity contribution in [1.29, 1.82) is 0 Å². The molecule has 0 aliphatic carbocycles. The number of amides is 2. The van der Waals surface area contributed by atoms with E-state index in [1.807, 2.05) is 4.90 Å². The van der Waals surface area contributed by atoms with E-state index in [9.17, 15) is 22.8 Å². The van der Waals surface area contributed by atoms with E-state index in [4.69, 9.17) is 4.52 Å². The second-order valence-electron chi connectivity index (χ2n) is 8.14. The van der Waals surface area contributed by atoms with E-state index >= 15 is 0 Å². The van der Waals surface area contributed by atoms with Gasteiger partial charge in [0.05, 0.1) is 5.56 Å². The van der Waals surface area contributed by atoms with Gasteiger partial charge in [0.1, 0.15) is 0 Å². The lowest BCUT2D eigenvalue weighted by Gasteiger charge is -2.16. The van der Waals surface area contributed by atoms with Crippen molar-refractivity contribution in [1.82, 2.24) is 19.9 Å². The van der Waals surface area contributed by atoms with Crippen LogP contribution in [0.5, 0.6) is 0 Å². The van der Waals surface area contributed by atoms with E-state index < -0.39 is 17.6 Å². The largest absolute Gasteiger partial charge is 0.416 e. The van der Waals surface area contributed by atoms with Crippen LogP contribution < -0.4 is 0 Å².